The summed E-state index contributed by atoms with van der Waals surface area (Å²) in [4.78, 5) is 26.5. The molecule has 0 saturated carbocycles. The van der Waals surface area contributed by atoms with Gasteiger partial charge in [0.2, 0.25) is 0 Å². The molecular formula is C19H16ClNO3. The van der Waals surface area contributed by atoms with E-state index in [0.717, 1.165) is 11.3 Å². The molecule has 0 radical (unpaired) electrons. The van der Waals surface area contributed by atoms with E-state index in [1.165, 1.54) is 0 Å². The van der Waals surface area contributed by atoms with Crippen molar-refractivity contribution in [2.75, 3.05) is 11.5 Å². The van der Waals surface area contributed by atoms with E-state index >= 15 is 0 Å². The summed E-state index contributed by atoms with van der Waals surface area (Å²) in [5.74, 6) is -0.489. The third-order valence-corrected chi connectivity index (χ3v) is 4.01. The van der Waals surface area contributed by atoms with Crippen molar-refractivity contribution < 1.29 is 14.3 Å². The van der Waals surface area contributed by atoms with Crippen molar-refractivity contribution in [3.05, 3.63) is 65.2 Å². The number of hydrogen-bond acceptors (Lipinski definition) is 3. The van der Waals surface area contributed by atoms with Crippen molar-refractivity contribution in [3.63, 3.8) is 0 Å². The molecule has 3 rings (SSSR count). The number of nitrogens with zero attached hydrogens (tertiary/aromatic N) is 1. The number of benzene rings is 2. The number of carbonyl (C=O) groups is 2. The summed E-state index contributed by atoms with van der Waals surface area (Å²) in [7, 11) is 0. The zero-order chi connectivity index (χ0) is 17.1. The van der Waals surface area contributed by atoms with Crippen LogP contribution >= 0.6 is 11.6 Å². The Hall–Kier alpha value is -2.59. The fourth-order valence-corrected chi connectivity index (χ4v) is 2.83. The van der Waals surface area contributed by atoms with Crippen molar-refractivity contribution in [1.29, 1.82) is 0 Å². The highest BCUT2D eigenvalue weighted by molar-refractivity contribution is 6.60. The molecule has 5 heteroatoms. The van der Waals surface area contributed by atoms with Gasteiger partial charge in [0.15, 0.2) is 0 Å². The Morgan fingerprint density at radius 1 is 0.958 bits per heavy atom. The summed E-state index contributed by atoms with van der Waals surface area (Å²) in [5.41, 5.74) is 1.24. The first-order valence-electron chi connectivity index (χ1n) is 7.71. The predicted octanol–water partition coefficient (Wildman–Crippen LogP) is 4.00. The Labute approximate surface area is 145 Å². The Morgan fingerprint density at radius 2 is 1.62 bits per heavy atom. The van der Waals surface area contributed by atoms with Crippen LogP contribution in [0.2, 0.25) is 0 Å². The normalized spacial score (nSPS) is 14.5. The Bertz CT molecular complexity index is 814. The first-order valence-corrected chi connectivity index (χ1v) is 8.08. The number of amides is 2. The Balaban J connectivity index is 2.01. The highest BCUT2D eigenvalue weighted by Gasteiger charge is 2.40. The topological polar surface area (TPSA) is 46.6 Å². The summed E-state index contributed by atoms with van der Waals surface area (Å²) in [6.07, 6.45) is 0.824. The first kappa shape index (κ1) is 16.3. The number of imide groups is 1. The van der Waals surface area contributed by atoms with Crippen molar-refractivity contribution >= 4 is 34.7 Å². The van der Waals surface area contributed by atoms with Gasteiger partial charge < -0.3 is 4.74 Å². The number of halogens is 1. The van der Waals surface area contributed by atoms with E-state index in [4.69, 9.17) is 16.3 Å². The minimum Gasteiger partial charge on any atom is -0.491 e. The van der Waals surface area contributed by atoms with Gasteiger partial charge in [-0.15, -0.1) is 0 Å². The molecule has 2 aromatic rings. The predicted molar refractivity (Wildman–Crippen MR) is 93.9 cm³/mol. The van der Waals surface area contributed by atoms with Gasteiger partial charge in [-0.3, -0.25) is 9.59 Å². The van der Waals surface area contributed by atoms with E-state index in [1.54, 1.807) is 48.5 Å². The molecule has 1 heterocycles. The molecule has 0 saturated heterocycles. The molecule has 0 atom stereocenters. The monoisotopic (exact) mass is 341 g/mol. The zero-order valence-corrected chi connectivity index (χ0v) is 13.9. The van der Waals surface area contributed by atoms with E-state index in [1.807, 2.05) is 13.0 Å². The fourth-order valence-electron chi connectivity index (χ4n) is 2.55. The van der Waals surface area contributed by atoms with Crippen LogP contribution in [0.3, 0.4) is 0 Å². The van der Waals surface area contributed by atoms with Gasteiger partial charge in [0, 0.05) is 0 Å². The highest BCUT2D eigenvalue weighted by Crippen LogP contribution is 2.38. The van der Waals surface area contributed by atoms with Crippen molar-refractivity contribution in [3.8, 4) is 5.75 Å². The van der Waals surface area contributed by atoms with Crippen LogP contribution in [0.4, 0.5) is 5.69 Å². The lowest BCUT2D eigenvalue weighted by molar-refractivity contribution is -0.119. The van der Waals surface area contributed by atoms with Crippen LogP contribution in [0.5, 0.6) is 5.75 Å². The molecule has 122 valence electrons. The summed E-state index contributed by atoms with van der Waals surface area (Å²) in [6, 6.07) is 15.9. The number of carbonyl (C=O) groups excluding carboxylic acids is 2. The Morgan fingerprint density at radius 3 is 2.33 bits per heavy atom. The van der Waals surface area contributed by atoms with Crippen molar-refractivity contribution in [2.24, 2.45) is 0 Å². The molecule has 2 aromatic carbocycles. The molecule has 1 aliphatic rings. The maximum absolute atomic E-state index is 12.9. The molecule has 0 aromatic heterocycles. The molecule has 0 spiro atoms. The van der Waals surface area contributed by atoms with Crippen molar-refractivity contribution in [1.82, 2.24) is 0 Å². The second-order valence-corrected chi connectivity index (χ2v) is 5.69. The average molecular weight is 342 g/mol. The van der Waals surface area contributed by atoms with Gasteiger partial charge >= 0.3 is 0 Å². The highest BCUT2D eigenvalue weighted by atomic mass is 35.5. The third-order valence-electron chi connectivity index (χ3n) is 3.66. The van der Waals surface area contributed by atoms with Gasteiger partial charge in [0.05, 0.1) is 17.9 Å². The first-order chi connectivity index (χ1) is 11.6. The van der Waals surface area contributed by atoms with Gasteiger partial charge in [0.1, 0.15) is 10.8 Å². The minimum absolute atomic E-state index is 0.0727. The van der Waals surface area contributed by atoms with Crippen LogP contribution in [0.25, 0.3) is 5.57 Å². The molecule has 0 N–H and O–H groups in total. The lowest BCUT2D eigenvalue weighted by atomic mass is 10.1. The largest absolute Gasteiger partial charge is 0.491 e. The van der Waals surface area contributed by atoms with Crippen LogP contribution in [0.15, 0.2) is 59.6 Å². The fraction of sp³-hybridized carbons (Fsp3) is 0.158. The van der Waals surface area contributed by atoms with Gasteiger partial charge in [-0.1, -0.05) is 61.0 Å². The van der Waals surface area contributed by atoms with Crippen LogP contribution in [0.1, 0.15) is 18.9 Å². The molecule has 1 aliphatic heterocycles. The number of anilines is 1. The van der Waals surface area contributed by atoms with Crippen LogP contribution in [-0.2, 0) is 9.59 Å². The van der Waals surface area contributed by atoms with Gasteiger partial charge in [-0.25, -0.2) is 4.90 Å². The number of ether oxygens (including phenoxy) is 1. The summed E-state index contributed by atoms with van der Waals surface area (Å²) in [5, 5.41) is -0.0727. The zero-order valence-electron chi connectivity index (χ0n) is 13.2. The summed E-state index contributed by atoms with van der Waals surface area (Å²) >= 11 is 6.19. The second kappa shape index (κ2) is 6.89. The molecule has 2 amide bonds. The van der Waals surface area contributed by atoms with Gasteiger partial charge in [0.25, 0.3) is 11.8 Å². The summed E-state index contributed by atoms with van der Waals surface area (Å²) < 4.78 is 5.66. The van der Waals surface area contributed by atoms with E-state index in [-0.39, 0.29) is 10.6 Å². The molecule has 0 aliphatic carbocycles. The third kappa shape index (κ3) is 2.81. The lowest BCUT2D eigenvalue weighted by Crippen LogP contribution is -2.31. The van der Waals surface area contributed by atoms with E-state index < -0.39 is 11.8 Å². The molecule has 0 bridgehead atoms. The minimum atomic E-state index is -0.534. The maximum Gasteiger partial charge on any atom is 0.277 e. The molecule has 0 unspecified atom stereocenters. The average Bonchev–Trinajstić information content (AvgIpc) is 2.83. The molecule has 0 fully saturated rings. The van der Waals surface area contributed by atoms with E-state index in [0.29, 0.717) is 23.6 Å². The standard InChI is InChI=1S/C19H16ClNO3/c1-2-12-24-15-11-7-6-10-14(15)21-18(22)16(17(20)19(21)23)13-8-4-3-5-9-13/h3-11H,2,12H2,1H3. The van der Waals surface area contributed by atoms with Crippen LogP contribution in [-0.4, -0.2) is 18.4 Å². The van der Waals surface area contributed by atoms with Crippen molar-refractivity contribution in [2.45, 2.75) is 13.3 Å². The molecule has 24 heavy (non-hydrogen) atoms. The SMILES string of the molecule is CCCOc1ccccc1N1C(=O)C(Cl)=C(c2ccccc2)C1=O. The second-order valence-electron chi connectivity index (χ2n) is 5.32. The smallest absolute Gasteiger partial charge is 0.277 e. The van der Waals surface area contributed by atoms with Crippen LogP contribution < -0.4 is 9.64 Å². The van der Waals surface area contributed by atoms with Gasteiger partial charge in [-0.05, 0) is 24.1 Å². The molecular weight excluding hydrogens is 326 g/mol. The van der Waals surface area contributed by atoms with Gasteiger partial charge in [-0.2, -0.15) is 0 Å². The van der Waals surface area contributed by atoms with Crippen LogP contribution in [0, 0.1) is 0 Å². The quantitative estimate of drug-likeness (QED) is 0.772. The van der Waals surface area contributed by atoms with E-state index in [2.05, 4.69) is 0 Å². The number of rotatable bonds is 5. The van der Waals surface area contributed by atoms with E-state index in [9.17, 15) is 9.59 Å². The Kier molecular flexibility index (Phi) is 4.67. The lowest BCUT2D eigenvalue weighted by Gasteiger charge is -2.18. The maximum atomic E-state index is 12.9. The summed E-state index contributed by atoms with van der Waals surface area (Å²) in [6.45, 7) is 2.49. The molecule has 4 nitrogen and oxygen atoms in total. The number of para-hydroxylation sites is 2. The number of hydrogen-bond donors (Lipinski definition) is 0.